The third-order valence-electron chi connectivity index (χ3n) is 3.58. The summed E-state index contributed by atoms with van der Waals surface area (Å²) in [5, 5.41) is 19.5. The molecular formula is C20H22O4S. The van der Waals surface area contributed by atoms with Crippen molar-refractivity contribution in [3.05, 3.63) is 59.7 Å². The molecule has 2 rings (SSSR count). The van der Waals surface area contributed by atoms with Gasteiger partial charge in [0, 0.05) is 20.9 Å². The number of benzene rings is 2. The average molecular weight is 358 g/mol. The molecule has 0 radical (unpaired) electrons. The lowest BCUT2D eigenvalue weighted by atomic mass is 9.97. The smallest absolute Gasteiger partial charge is 0.193 e. The molecule has 4 nitrogen and oxygen atoms in total. The fraction of sp³-hybridized carbons (Fsp3) is 0.300. The van der Waals surface area contributed by atoms with Crippen molar-refractivity contribution in [1.82, 2.24) is 0 Å². The van der Waals surface area contributed by atoms with Gasteiger partial charge in [-0.05, 0) is 52.0 Å². The van der Waals surface area contributed by atoms with Crippen molar-refractivity contribution in [3.8, 4) is 0 Å². The van der Waals surface area contributed by atoms with Crippen LogP contribution in [0.3, 0.4) is 0 Å². The maximum absolute atomic E-state index is 12.0. The highest BCUT2D eigenvalue weighted by Gasteiger charge is 2.25. The van der Waals surface area contributed by atoms with Gasteiger partial charge >= 0.3 is 0 Å². The summed E-state index contributed by atoms with van der Waals surface area (Å²) in [6, 6.07) is 14.0. The van der Waals surface area contributed by atoms with E-state index in [0.29, 0.717) is 11.1 Å². The van der Waals surface area contributed by atoms with Crippen molar-refractivity contribution < 1.29 is 19.8 Å². The van der Waals surface area contributed by atoms with Crippen LogP contribution < -0.4 is 0 Å². The SMILES string of the molecule is CC(C)(O)C(=O)c1ccc(Sc2ccc(C(=O)C(C)(C)O)cc2)cc1. The number of carbonyl (C=O) groups is 2. The molecule has 0 saturated heterocycles. The van der Waals surface area contributed by atoms with E-state index in [4.69, 9.17) is 0 Å². The number of Topliss-reactive ketones (excluding diaryl/α,β-unsaturated/α-hetero) is 2. The molecule has 0 fully saturated rings. The Hall–Kier alpha value is -1.95. The first-order valence-electron chi connectivity index (χ1n) is 7.91. The zero-order chi connectivity index (χ0) is 18.8. The molecular weight excluding hydrogens is 336 g/mol. The summed E-state index contributed by atoms with van der Waals surface area (Å²) < 4.78 is 0. The molecule has 0 heterocycles. The second-order valence-electron chi connectivity index (χ2n) is 6.93. The molecule has 25 heavy (non-hydrogen) atoms. The number of ketones is 2. The second kappa shape index (κ2) is 7.12. The van der Waals surface area contributed by atoms with Gasteiger partial charge in [-0.2, -0.15) is 0 Å². The van der Waals surface area contributed by atoms with Crippen LogP contribution in [0.25, 0.3) is 0 Å². The average Bonchev–Trinajstić information content (AvgIpc) is 2.53. The number of hydrogen-bond donors (Lipinski definition) is 2. The third-order valence-corrected chi connectivity index (χ3v) is 4.60. The molecule has 2 aromatic carbocycles. The molecule has 2 aromatic rings. The van der Waals surface area contributed by atoms with Crippen molar-refractivity contribution in [2.45, 2.75) is 48.7 Å². The van der Waals surface area contributed by atoms with Gasteiger partial charge in [0.1, 0.15) is 11.2 Å². The van der Waals surface area contributed by atoms with Gasteiger partial charge in [-0.3, -0.25) is 9.59 Å². The topological polar surface area (TPSA) is 74.6 Å². The standard InChI is InChI=1S/C20H22O4S/c1-19(2,23)17(21)13-5-9-15(10-6-13)25-16-11-7-14(8-12-16)18(22)20(3,4)24/h5-12,23-24H,1-4H3. The Morgan fingerprint density at radius 1 is 0.680 bits per heavy atom. The fourth-order valence-electron chi connectivity index (χ4n) is 2.19. The molecule has 2 N–H and O–H groups in total. The largest absolute Gasteiger partial charge is 0.382 e. The van der Waals surface area contributed by atoms with E-state index in [0.717, 1.165) is 9.79 Å². The Morgan fingerprint density at radius 3 is 1.20 bits per heavy atom. The lowest BCUT2D eigenvalue weighted by Gasteiger charge is -2.16. The van der Waals surface area contributed by atoms with Gasteiger partial charge in [0.05, 0.1) is 0 Å². The van der Waals surface area contributed by atoms with Crippen LogP contribution in [0.15, 0.2) is 58.3 Å². The van der Waals surface area contributed by atoms with Crippen molar-refractivity contribution in [1.29, 1.82) is 0 Å². The summed E-state index contributed by atoms with van der Waals surface area (Å²) in [6.45, 7) is 5.87. The molecule has 0 aliphatic rings. The number of carbonyl (C=O) groups excluding carboxylic acids is 2. The highest BCUT2D eigenvalue weighted by Crippen LogP contribution is 2.29. The van der Waals surface area contributed by atoms with Gasteiger partial charge < -0.3 is 10.2 Å². The van der Waals surface area contributed by atoms with E-state index >= 15 is 0 Å². The van der Waals surface area contributed by atoms with Gasteiger partial charge in [0.2, 0.25) is 0 Å². The van der Waals surface area contributed by atoms with Crippen LogP contribution in [0.4, 0.5) is 0 Å². The van der Waals surface area contributed by atoms with E-state index in [9.17, 15) is 19.8 Å². The quantitative estimate of drug-likeness (QED) is 0.770. The van der Waals surface area contributed by atoms with Crippen LogP contribution in [0.1, 0.15) is 48.4 Å². The minimum absolute atomic E-state index is 0.321. The van der Waals surface area contributed by atoms with Crippen LogP contribution in [0.2, 0.25) is 0 Å². The first-order valence-corrected chi connectivity index (χ1v) is 8.72. The maximum atomic E-state index is 12.0. The van der Waals surface area contributed by atoms with Gasteiger partial charge in [0.15, 0.2) is 11.6 Å². The molecule has 0 unspecified atom stereocenters. The Labute approximate surface area is 151 Å². The Bertz CT molecular complexity index is 696. The van der Waals surface area contributed by atoms with E-state index in [1.54, 1.807) is 24.3 Å². The summed E-state index contributed by atoms with van der Waals surface area (Å²) in [7, 11) is 0. The van der Waals surface area contributed by atoms with Crippen LogP contribution in [0, 0.1) is 0 Å². The van der Waals surface area contributed by atoms with E-state index < -0.39 is 11.2 Å². The predicted molar refractivity (Wildman–Crippen MR) is 98.3 cm³/mol. The molecule has 0 spiro atoms. The minimum atomic E-state index is -1.39. The van der Waals surface area contributed by atoms with Crippen molar-refractivity contribution in [2.75, 3.05) is 0 Å². The molecule has 0 aromatic heterocycles. The molecule has 0 saturated carbocycles. The van der Waals surface area contributed by atoms with Crippen LogP contribution in [0.5, 0.6) is 0 Å². The molecule has 0 amide bonds. The van der Waals surface area contributed by atoms with Crippen molar-refractivity contribution in [2.24, 2.45) is 0 Å². The molecule has 0 atom stereocenters. The van der Waals surface area contributed by atoms with E-state index in [2.05, 4.69) is 0 Å². The monoisotopic (exact) mass is 358 g/mol. The molecule has 0 aliphatic carbocycles. The normalized spacial score (nSPS) is 12.1. The molecule has 132 valence electrons. The minimum Gasteiger partial charge on any atom is -0.382 e. The summed E-state index contributed by atoms with van der Waals surface area (Å²) in [6.07, 6.45) is 0. The third kappa shape index (κ3) is 5.01. The van der Waals surface area contributed by atoms with Crippen LogP contribution >= 0.6 is 11.8 Å². The highest BCUT2D eigenvalue weighted by atomic mass is 32.2. The summed E-state index contributed by atoms with van der Waals surface area (Å²) >= 11 is 1.50. The Kier molecular flexibility index (Phi) is 5.52. The first kappa shape index (κ1) is 19.4. The number of hydrogen-bond acceptors (Lipinski definition) is 5. The first-order chi connectivity index (χ1) is 11.5. The van der Waals surface area contributed by atoms with Gasteiger partial charge in [-0.15, -0.1) is 0 Å². The molecule has 0 aliphatic heterocycles. The van der Waals surface area contributed by atoms with Gasteiger partial charge in [-0.25, -0.2) is 0 Å². The Morgan fingerprint density at radius 2 is 0.960 bits per heavy atom. The number of aliphatic hydroxyl groups is 2. The number of rotatable bonds is 6. The fourth-order valence-corrected chi connectivity index (χ4v) is 3.01. The van der Waals surface area contributed by atoms with E-state index in [1.165, 1.54) is 39.5 Å². The van der Waals surface area contributed by atoms with Crippen LogP contribution in [-0.2, 0) is 0 Å². The van der Waals surface area contributed by atoms with E-state index in [-0.39, 0.29) is 11.6 Å². The lowest BCUT2D eigenvalue weighted by molar-refractivity contribution is 0.0487. The highest BCUT2D eigenvalue weighted by molar-refractivity contribution is 7.99. The van der Waals surface area contributed by atoms with Crippen molar-refractivity contribution in [3.63, 3.8) is 0 Å². The van der Waals surface area contributed by atoms with Gasteiger partial charge in [0.25, 0.3) is 0 Å². The summed E-state index contributed by atoms with van der Waals surface area (Å²) in [5.41, 5.74) is -1.86. The lowest BCUT2D eigenvalue weighted by Crippen LogP contribution is -2.30. The molecule has 5 heteroatoms. The molecule has 0 bridgehead atoms. The predicted octanol–water partition coefficient (Wildman–Crippen LogP) is 3.75. The van der Waals surface area contributed by atoms with Crippen molar-refractivity contribution >= 4 is 23.3 Å². The zero-order valence-corrected chi connectivity index (χ0v) is 15.6. The zero-order valence-electron chi connectivity index (χ0n) is 14.7. The van der Waals surface area contributed by atoms with Crippen LogP contribution in [-0.4, -0.2) is 33.0 Å². The van der Waals surface area contributed by atoms with E-state index in [1.807, 2.05) is 24.3 Å². The maximum Gasteiger partial charge on any atom is 0.193 e. The summed E-state index contributed by atoms with van der Waals surface area (Å²) in [5.74, 6) is -0.642. The summed E-state index contributed by atoms with van der Waals surface area (Å²) in [4.78, 5) is 25.9. The second-order valence-corrected chi connectivity index (χ2v) is 8.07. The Balaban J connectivity index is 2.10. The van der Waals surface area contributed by atoms with Gasteiger partial charge in [-0.1, -0.05) is 36.0 Å².